The number of rotatable bonds is 3. The van der Waals surface area contributed by atoms with Crippen molar-refractivity contribution in [2.24, 2.45) is 0 Å². The summed E-state index contributed by atoms with van der Waals surface area (Å²) in [6, 6.07) is 2.04. The molecule has 0 fully saturated rings. The standard InChI is InChI=1S/C11H12N2O2S/c1-8-6-13(11(15)12-10(8)14)4-2-9-3-5-16-7-9/h3,5-7H,2,4H2,1H3,(H,12,14,15). The van der Waals surface area contributed by atoms with Gasteiger partial charge in [0.2, 0.25) is 0 Å². The second-order valence-electron chi connectivity index (χ2n) is 3.65. The summed E-state index contributed by atoms with van der Waals surface area (Å²) in [6.45, 7) is 2.28. The van der Waals surface area contributed by atoms with Crippen LogP contribution in [0.15, 0.2) is 32.6 Å². The van der Waals surface area contributed by atoms with E-state index in [2.05, 4.69) is 10.4 Å². The first kappa shape index (κ1) is 10.9. The van der Waals surface area contributed by atoms with Crippen LogP contribution in [0.2, 0.25) is 0 Å². The molecule has 2 aromatic heterocycles. The van der Waals surface area contributed by atoms with Gasteiger partial charge in [0.1, 0.15) is 0 Å². The molecule has 0 saturated heterocycles. The third-order valence-electron chi connectivity index (χ3n) is 2.41. The summed E-state index contributed by atoms with van der Waals surface area (Å²) in [5.41, 5.74) is 1.12. The Hall–Kier alpha value is -1.62. The number of hydrogen-bond acceptors (Lipinski definition) is 3. The summed E-state index contributed by atoms with van der Waals surface area (Å²) >= 11 is 1.64. The lowest BCUT2D eigenvalue weighted by atomic mass is 10.2. The van der Waals surface area contributed by atoms with Crippen LogP contribution in [-0.2, 0) is 13.0 Å². The molecule has 0 aliphatic rings. The van der Waals surface area contributed by atoms with Gasteiger partial charge in [-0.05, 0) is 35.7 Å². The van der Waals surface area contributed by atoms with Crippen LogP contribution in [0.3, 0.4) is 0 Å². The molecule has 0 radical (unpaired) electrons. The van der Waals surface area contributed by atoms with Crippen LogP contribution in [0.4, 0.5) is 0 Å². The van der Waals surface area contributed by atoms with Gasteiger partial charge in [0.25, 0.3) is 5.56 Å². The normalized spacial score (nSPS) is 10.6. The van der Waals surface area contributed by atoms with Crippen molar-refractivity contribution in [3.8, 4) is 0 Å². The molecule has 2 aromatic rings. The Morgan fingerprint density at radius 1 is 1.44 bits per heavy atom. The van der Waals surface area contributed by atoms with Crippen LogP contribution < -0.4 is 11.2 Å². The monoisotopic (exact) mass is 236 g/mol. The second-order valence-corrected chi connectivity index (χ2v) is 4.43. The van der Waals surface area contributed by atoms with Gasteiger partial charge in [-0.25, -0.2) is 4.79 Å². The van der Waals surface area contributed by atoms with E-state index in [4.69, 9.17) is 0 Å². The predicted molar refractivity (Wildman–Crippen MR) is 64.1 cm³/mol. The first-order chi connectivity index (χ1) is 7.66. The van der Waals surface area contributed by atoms with Crippen LogP contribution in [0.5, 0.6) is 0 Å². The highest BCUT2D eigenvalue weighted by Gasteiger charge is 2.01. The lowest BCUT2D eigenvalue weighted by molar-refractivity contribution is 0.641. The Labute approximate surface area is 96.2 Å². The maximum absolute atomic E-state index is 11.5. The fourth-order valence-corrected chi connectivity index (χ4v) is 2.17. The maximum atomic E-state index is 11.5. The average Bonchev–Trinajstić information content (AvgIpc) is 2.74. The van der Waals surface area contributed by atoms with E-state index in [0.717, 1.165) is 6.42 Å². The number of hydrogen-bond donors (Lipinski definition) is 1. The number of H-pyrrole nitrogens is 1. The minimum absolute atomic E-state index is 0.309. The molecule has 0 unspecified atom stereocenters. The average molecular weight is 236 g/mol. The lowest BCUT2D eigenvalue weighted by Crippen LogP contribution is -2.31. The Bertz CT molecular complexity index is 581. The minimum atomic E-state index is -0.342. The van der Waals surface area contributed by atoms with Crippen molar-refractivity contribution in [2.45, 2.75) is 19.9 Å². The highest BCUT2D eigenvalue weighted by atomic mass is 32.1. The van der Waals surface area contributed by atoms with E-state index in [0.29, 0.717) is 12.1 Å². The minimum Gasteiger partial charge on any atom is -0.300 e. The number of thiophene rings is 1. The van der Waals surface area contributed by atoms with Gasteiger partial charge in [-0.1, -0.05) is 0 Å². The smallest absolute Gasteiger partial charge is 0.300 e. The van der Waals surface area contributed by atoms with Crippen LogP contribution in [0.25, 0.3) is 0 Å². The molecule has 0 amide bonds. The van der Waals surface area contributed by atoms with Crippen molar-refractivity contribution < 1.29 is 0 Å². The molecular formula is C11H12N2O2S. The van der Waals surface area contributed by atoms with Crippen LogP contribution in [0, 0.1) is 6.92 Å². The summed E-state index contributed by atoms with van der Waals surface area (Å²) in [5, 5.41) is 4.07. The molecule has 16 heavy (non-hydrogen) atoms. The van der Waals surface area contributed by atoms with E-state index in [1.54, 1.807) is 24.5 Å². The van der Waals surface area contributed by atoms with Crippen LogP contribution >= 0.6 is 11.3 Å². The van der Waals surface area contributed by atoms with E-state index < -0.39 is 0 Å². The third-order valence-corrected chi connectivity index (χ3v) is 3.14. The summed E-state index contributed by atoms with van der Waals surface area (Å²) in [6.07, 6.45) is 2.41. The number of aromatic nitrogens is 2. The molecule has 0 atom stereocenters. The number of aromatic amines is 1. The van der Waals surface area contributed by atoms with Crippen molar-refractivity contribution in [3.05, 3.63) is 55.0 Å². The van der Waals surface area contributed by atoms with E-state index in [9.17, 15) is 9.59 Å². The summed E-state index contributed by atoms with van der Waals surface area (Å²) in [4.78, 5) is 24.9. The first-order valence-corrected chi connectivity index (χ1v) is 5.92. The third kappa shape index (κ3) is 2.30. The summed E-state index contributed by atoms with van der Waals surface area (Å²) < 4.78 is 1.54. The highest BCUT2D eigenvalue weighted by molar-refractivity contribution is 7.07. The molecule has 1 N–H and O–H groups in total. The summed E-state index contributed by atoms with van der Waals surface area (Å²) in [7, 11) is 0. The van der Waals surface area contributed by atoms with Gasteiger partial charge in [-0.2, -0.15) is 11.3 Å². The molecule has 0 bridgehead atoms. The lowest BCUT2D eigenvalue weighted by Gasteiger charge is -2.04. The van der Waals surface area contributed by atoms with Gasteiger partial charge < -0.3 is 0 Å². The molecule has 84 valence electrons. The van der Waals surface area contributed by atoms with Gasteiger partial charge in [0.15, 0.2) is 0 Å². The van der Waals surface area contributed by atoms with Crippen molar-refractivity contribution in [2.75, 3.05) is 0 Å². The fraction of sp³-hybridized carbons (Fsp3) is 0.273. The Kier molecular flexibility index (Phi) is 3.05. The molecule has 0 aliphatic heterocycles. The Morgan fingerprint density at radius 2 is 2.25 bits per heavy atom. The molecule has 0 saturated carbocycles. The largest absolute Gasteiger partial charge is 0.328 e. The topological polar surface area (TPSA) is 54.9 Å². The maximum Gasteiger partial charge on any atom is 0.328 e. The fourth-order valence-electron chi connectivity index (χ4n) is 1.47. The Morgan fingerprint density at radius 3 is 2.94 bits per heavy atom. The number of nitrogens with one attached hydrogen (secondary N) is 1. The number of nitrogens with zero attached hydrogens (tertiary/aromatic N) is 1. The van der Waals surface area contributed by atoms with Crippen molar-refractivity contribution in [1.82, 2.24) is 9.55 Å². The molecule has 0 spiro atoms. The van der Waals surface area contributed by atoms with Crippen molar-refractivity contribution >= 4 is 11.3 Å². The molecule has 2 rings (SSSR count). The summed E-state index contributed by atoms with van der Waals surface area (Å²) in [5.74, 6) is 0. The van der Waals surface area contributed by atoms with Gasteiger partial charge in [0, 0.05) is 18.3 Å². The van der Waals surface area contributed by atoms with Gasteiger partial charge in [-0.15, -0.1) is 0 Å². The zero-order chi connectivity index (χ0) is 11.5. The molecule has 0 aromatic carbocycles. The Balaban J connectivity index is 2.19. The van der Waals surface area contributed by atoms with E-state index in [-0.39, 0.29) is 11.2 Å². The van der Waals surface area contributed by atoms with Crippen molar-refractivity contribution in [1.29, 1.82) is 0 Å². The van der Waals surface area contributed by atoms with Gasteiger partial charge >= 0.3 is 5.69 Å². The number of aryl methyl sites for hydroxylation is 3. The SMILES string of the molecule is Cc1cn(CCc2ccsc2)c(=O)[nH]c1=O. The van der Waals surface area contributed by atoms with E-state index in [1.165, 1.54) is 10.1 Å². The predicted octanol–water partition coefficient (Wildman–Crippen LogP) is 1.15. The molecule has 0 aliphatic carbocycles. The van der Waals surface area contributed by atoms with Crippen LogP contribution in [-0.4, -0.2) is 9.55 Å². The van der Waals surface area contributed by atoms with Gasteiger partial charge in [0.05, 0.1) is 0 Å². The zero-order valence-corrected chi connectivity index (χ0v) is 9.71. The van der Waals surface area contributed by atoms with Crippen molar-refractivity contribution in [3.63, 3.8) is 0 Å². The van der Waals surface area contributed by atoms with E-state index in [1.807, 2.05) is 11.4 Å². The molecule has 4 nitrogen and oxygen atoms in total. The highest BCUT2D eigenvalue weighted by Crippen LogP contribution is 2.06. The van der Waals surface area contributed by atoms with Crippen LogP contribution in [0.1, 0.15) is 11.1 Å². The first-order valence-electron chi connectivity index (χ1n) is 4.98. The quantitative estimate of drug-likeness (QED) is 0.869. The second kappa shape index (κ2) is 4.49. The van der Waals surface area contributed by atoms with Gasteiger partial charge in [-0.3, -0.25) is 14.3 Å². The zero-order valence-electron chi connectivity index (χ0n) is 8.90. The molecular weight excluding hydrogens is 224 g/mol. The van der Waals surface area contributed by atoms with E-state index >= 15 is 0 Å². The molecule has 5 heteroatoms. The molecule has 2 heterocycles.